The molecule has 0 aromatic rings. The van der Waals surface area contributed by atoms with Gasteiger partial charge in [-0.1, -0.05) is 12.2 Å². The molecule has 54 valence electrons. The van der Waals surface area contributed by atoms with Gasteiger partial charge in [0.15, 0.2) is 0 Å². The average Bonchev–Trinajstić information content (AvgIpc) is 1.80. The number of unbranched alkanes of at least 4 members (excludes halogenated alkanes) is 1. The second-order valence-corrected chi connectivity index (χ2v) is 2.51. The van der Waals surface area contributed by atoms with Crippen LogP contribution in [-0.4, -0.2) is 25.5 Å². The van der Waals surface area contributed by atoms with Gasteiger partial charge in [0, 0.05) is 0 Å². The Balaban J connectivity index is 2.91. The van der Waals surface area contributed by atoms with Crippen LogP contribution in [-0.2, 0) is 0 Å². The van der Waals surface area contributed by atoms with E-state index in [-0.39, 0.29) is 0 Å². The summed E-state index contributed by atoms with van der Waals surface area (Å²) in [4.78, 5) is 2.21. The van der Waals surface area contributed by atoms with E-state index >= 15 is 0 Å². The van der Waals surface area contributed by atoms with Gasteiger partial charge in [0.05, 0.1) is 0 Å². The zero-order valence-corrected chi connectivity index (χ0v) is 6.72. The van der Waals surface area contributed by atoms with Gasteiger partial charge in [0.25, 0.3) is 0 Å². The van der Waals surface area contributed by atoms with Crippen LogP contribution >= 0.6 is 0 Å². The van der Waals surface area contributed by atoms with Gasteiger partial charge in [-0.05, 0) is 40.4 Å². The Kier molecular flexibility index (Phi) is 5.64. The Labute approximate surface area is 58.4 Å². The van der Waals surface area contributed by atoms with Crippen molar-refractivity contribution >= 4 is 0 Å². The molecule has 0 saturated heterocycles. The Morgan fingerprint density at radius 2 is 2.00 bits per heavy atom. The lowest BCUT2D eigenvalue weighted by molar-refractivity contribution is 0.402. The highest BCUT2D eigenvalue weighted by molar-refractivity contribution is 4.76. The van der Waals surface area contributed by atoms with E-state index in [1.165, 1.54) is 19.4 Å². The third kappa shape index (κ3) is 7.70. The first-order chi connectivity index (χ1) is 4.27. The number of hydrogen-bond acceptors (Lipinski definition) is 1. The third-order valence-electron chi connectivity index (χ3n) is 1.21. The van der Waals surface area contributed by atoms with Crippen LogP contribution in [0.15, 0.2) is 12.2 Å². The molecule has 0 fully saturated rings. The lowest BCUT2D eigenvalue weighted by atomic mass is 10.3. The van der Waals surface area contributed by atoms with E-state index in [9.17, 15) is 0 Å². The molecular formula is C8H17N. The maximum Gasteiger partial charge on any atom is -0.00219 e. The highest BCUT2D eigenvalue weighted by Gasteiger charge is 1.85. The molecule has 0 spiro atoms. The first kappa shape index (κ1) is 8.70. The number of rotatable bonds is 4. The van der Waals surface area contributed by atoms with Gasteiger partial charge in [0.1, 0.15) is 0 Å². The molecular weight excluding hydrogens is 110 g/mol. The Bertz CT molecular complexity index is 74.6. The number of nitrogens with zero attached hydrogens (tertiary/aromatic N) is 1. The topological polar surface area (TPSA) is 3.24 Å². The zero-order valence-electron chi connectivity index (χ0n) is 6.72. The monoisotopic (exact) mass is 127 g/mol. The van der Waals surface area contributed by atoms with Crippen LogP contribution < -0.4 is 0 Å². The van der Waals surface area contributed by atoms with Crippen molar-refractivity contribution in [2.75, 3.05) is 20.6 Å². The molecule has 0 aromatic heterocycles. The quantitative estimate of drug-likeness (QED) is 0.412. The first-order valence-corrected chi connectivity index (χ1v) is 3.53. The van der Waals surface area contributed by atoms with Gasteiger partial charge < -0.3 is 4.90 Å². The van der Waals surface area contributed by atoms with Crippen molar-refractivity contribution < 1.29 is 0 Å². The molecule has 0 atom stereocenters. The molecule has 1 nitrogen and oxygen atoms in total. The molecule has 0 bridgehead atoms. The summed E-state index contributed by atoms with van der Waals surface area (Å²) in [5.74, 6) is 0. The van der Waals surface area contributed by atoms with Crippen molar-refractivity contribution in [1.29, 1.82) is 0 Å². The van der Waals surface area contributed by atoms with Crippen LogP contribution in [0.1, 0.15) is 19.8 Å². The van der Waals surface area contributed by atoms with Crippen molar-refractivity contribution in [1.82, 2.24) is 4.90 Å². The predicted molar refractivity (Wildman–Crippen MR) is 42.6 cm³/mol. The smallest absolute Gasteiger partial charge is 0.00219 e. The average molecular weight is 127 g/mol. The van der Waals surface area contributed by atoms with Crippen molar-refractivity contribution in [2.45, 2.75) is 19.8 Å². The van der Waals surface area contributed by atoms with Gasteiger partial charge >= 0.3 is 0 Å². The fourth-order valence-electron chi connectivity index (χ4n) is 0.692. The van der Waals surface area contributed by atoms with Crippen LogP contribution in [0.5, 0.6) is 0 Å². The van der Waals surface area contributed by atoms with E-state index < -0.39 is 0 Å². The molecule has 0 N–H and O–H groups in total. The second-order valence-electron chi connectivity index (χ2n) is 2.51. The minimum atomic E-state index is 1.20. The van der Waals surface area contributed by atoms with E-state index in [0.29, 0.717) is 0 Å². The van der Waals surface area contributed by atoms with E-state index in [1.54, 1.807) is 0 Å². The van der Waals surface area contributed by atoms with E-state index in [1.807, 2.05) is 0 Å². The Morgan fingerprint density at radius 1 is 1.33 bits per heavy atom. The van der Waals surface area contributed by atoms with Gasteiger partial charge in [-0.25, -0.2) is 0 Å². The molecule has 0 rings (SSSR count). The van der Waals surface area contributed by atoms with Crippen LogP contribution in [0.25, 0.3) is 0 Å². The molecule has 0 heterocycles. The highest BCUT2D eigenvalue weighted by Crippen LogP contribution is 1.91. The van der Waals surface area contributed by atoms with Gasteiger partial charge in [0.2, 0.25) is 0 Å². The summed E-state index contributed by atoms with van der Waals surface area (Å²) in [7, 11) is 4.21. The molecule has 0 aromatic carbocycles. The highest BCUT2D eigenvalue weighted by atomic mass is 15.0. The molecule has 0 aliphatic heterocycles. The first-order valence-electron chi connectivity index (χ1n) is 3.53. The van der Waals surface area contributed by atoms with Crippen LogP contribution in [0, 0.1) is 0 Å². The summed E-state index contributed by atoms with van der Waals surface area (Å²) >= 11 is 0. The standard InChI is InChI=1S/C8H17N/c1-4-5-6-7-8-9(2)3/h4-5H,6-8H2,1-3H3/b5-4+. The fraction of sp³-hybridized carbons (Fsp3) is 0.750. The summed E-state index contributed by atoms with van der Waals surface area (Å²) in [5, 5.41) is 0. The largest absolute Gasteiger partial charge is 0.309 e. The minimum Gasteiger partial charge on any atom is -0.309 e. The predicted octanol–water partition coefficient (Wildman–Crippen LogP) is 1.90. The van der Waals surface area contributed by atoms with Crippen molar-refractivity contribution in [3.05, 3.63) is 12.2 Å². The summed E-state index contributed by atoms with van der Waals surface area (Å²) in [5.41, 5.74) is 0. The van der Waals surface area contributed by atoms with Crippen molar-refractivity contribution in [3.8, 4) is 0 Å². The normalized spacial score (nSPS) is 11.6. The Morgan fingerprint density at radius 3 is 2.44 bits per heavy atom. The molecule has 0 unspecified atom stereocenters. The molecule has 0 amide bonds. The SMILES string of the molecule is C/C=C/CCCN(C)C. The van der Waals surface area contributed by atoms with Crippen LogP contribution in [0.4, 0.5) is 0 Å². The lowest BCUT2D eigenvalue weighted by Crippen LogP contribution is -2.12. The van der Waals surface area contributed by atoms with Crippen LogP contribution in [0.3, 0.4) is 0 Å². The van der Waals surface area contributed by atoms with Gasteiger partial charge in [-0.15, -0.1) is 0 Å². The molecule has 0 radical (unpaired) electrons. The van der Waals surface area contributed by atoms with E-state index in [0.717, 1.165) is 0 Å². The summed E-state index contributed by atoms with van der Waals surface area (Å²) in [6.45, 7) is 3.26. The lowest BCUT2D eigenvalue weighted by Gasteiger charge is -2.06. The third-order valence-corrected chi connectivity index (χ3v) is 1.21. The molecule has 0 aliphatic rings. The minimum absolute atomic E-state index is 1.20. The Hall–Kier alpha value is -0.300. The summed E-state index contributed by atoms with van der Waals surface area (Å²) in [6.07, 6.45) is 6.81. The van der Waals surface area contributed by atoms with Gasteiger partial charge in [-0.3, -0.25) is 0 Å². The molecule has 0 saturated carbocycles. The van der Waals surface area contributed by atoms with Crippen molar-refractivity contribution in [3.63, 3.8) is 0 Å². The number of allylic oxidation sites excluding steroid dienone is 2. The fourth-order valence-corrected chi connectivity index (χ4v) is 0.692. The molecule has 0 aliphatic carbocycles. The van der Waals surface area contributed by atoms with Crippen LogP contribution in [0.2, 0.25) is 0 Å². The summed E-state index contributed by atoms with van der Waals surface area (Å²) < 4.78 is 0. The van der Waals surface area contributed by atoms with Crippen molar-refractivity contribution in [2.24, 2.45) is 0 Å². The molecule has 9 heavy (non-hydrogen) atoms. The van der Waals surface area contributed by atoms with Gasteiger partial charge in [-0.2, -0.15) is 0 Å². The zero-order chi connectivity index (χ0) is 7.11. The maximum absolute atomic E-state index is 2.21. The summed E-state index contributed by atoms with van der Waals surface area (Å²) in [6, 6.07) is 0. The second kappa shape index (κ2) is 5.83. The number of hydrogen-bond donors (Lipinski definition) is 0. The molecule has 1 heteroatoms. The van der Waals surface area contributed by atoms with E-state index in [2.05, 4.69) is 38.1 Å². The maximum atomic E-state index is 2.21. The van der Waals surface area contributed by atoms with E-state index in [4.69, 9.17) is 0 Å².